The summed E-state index contributed by atoms with van der Waals surface area (Å²) in [5.74, 6) is -0.217. The van der Waals surface area contributed by atoms with Crippen molar-refractivity contribution < 1.29 is 28.9 Å². The second kappa shape index (κ2) is 11.4. The molecule has 8 nitrogen and oxygen atoms in total. The van der Waals surface area contributed by atoms with E-state index in [1.807, 2.05) is 31.2 Å². The highest BCUT2D eigenvalue weighted by Crippen LogP contribution is 2.40. The molecule has 1 N–H and O–H groups in total. The predicted molar refractivity (Wildman–Crippen MR) is 131 cm³/mol. The van der Waals surface area contributed by atoms with Gasteiger partial charge < -0.3 is 24.2 Å². The van der Waals surface area contributed by atoms with E-state index in [1.165, 1.54) is 0 Å². The minimum atomic E-state index is -0.719. The second-order valence-corrected chi connectivity index (χ2v) is 8.60. The lowest BCUT2D eigenvalue weighted by Crippen LogP contribution is -2.42. The molecule has 0 spiro atoms. The molecule has 0 aliphatic carbocycles. The van der Waals surface area contributed by atoms with Gasteiger partial charge in [0.2, 0.25) is 0 Å². The second-order valence-electron chi connectivity index (χ2n) is 8.60. The first-order valence-corrected chi connectivity index (χ1v) is 12.0. The van der Waals surface area contributed by atoms with Crippen LogP contribution in [0.2, 0.25) is 0 Å². The number of hydrogen-bond donors (Lipinski definition) is 1. The predicted octanol–water partition coefficient (Wildman–Crippen LogP) is 3.24. The van der Waals surface area contributed by atoms with Gasteiger partial charge in [0.1, 0.15) is 17.3 Å². The Labute approximate surface area is 205 Å². The van der Waals surface area contributed by atoms with Crippen LogP contribution in [0, 0.1) is 0 Å². The van der Waals surface area contributed by atoms with E-state index in [1.54, 1.807) is 36.3 Å². The van der Waals surface area contributed by atoms with Crippen LogP contribution in [0.3, 0.4) is 0 Å². The van der Waals surface area contributed by atoms with Crippen molar-refractivity contribution >= 4 is 17.4 Å². The topological polar surface area (TPSA) is 88.5 Å². The van der Waals surface area contributed by atoms with Gasteiger partial charge in [-0.05, 0) is 48.4 Å². The van der Waals surface area contributed by atoms with Gasteiger partial charge >= 0.3 is 0 Å². The number of methoxy groups -OCH3 is 1. The molecular formula is C27H32N2O6. The molecule has 1 amide bonds. The molecule has 0 aromatic heterocycles. The summed E-state index contributed by atoms with van der Waals surface area (Å²) in [7, 11) is 1.56. The van der Waals surface area contributed by atoms with Crippen LogP contribution in [-0.4, -0.2) is 79.7 Å². The van der Waals surface area contributed by atoms with Crippen molar-refractivity contribution in [2.75, 3.05) is 53.1 Å². The zero-order valence-electron chi connectivity index (χ0n) is 20.2. The summed E-state index contributed by atoms with van der Waals surface area (Å²) < 4.78 is 16.4. The van der Waals surface area contributed by atoms with Gasteiger partial charge in [-0.3, -0.25) is 14.5 Å². The Morgan fingerprint density at radius 3 is 2.49 bits per heavy atom. The Kier molecular flexibility index (Phi) is 8.05. The van der Waals surface area contributed by atoms with Gasteiger partial charge in [-0.1, -0.05) is 19.1 Å². The van der Waals surface area contributed by atoms with E-state index in [-0.39, 0.29) is 11.3 Å². The van der Waals surface area contributed by atoms with Crippen molar-refractivity contribution in [1.82, 2.24) is 9.80 Å². The number of ketones is 1. The smallest absolute Gasteiger partial charge is 0.295 e. The van der Waals surface area contributed by atoms with Gasteiger partial charge in [0, 0.05) is 31.7 Å². The number of rotatable bonds is 9. The summed E-state index contributed by atoms with van der Waals surface area (Å²) in [6, 6.07) is 13.4. The lowest BCUT2D eigenvalue weighted by Gasteiger charge is -2.31. The number of carbonyl (C=O) groups excluding carboxylic acids is 2. The number of hydrogen-bond acceptors (Lipinski definition) is 7. The van der Waals surface area contributed by atoms with Crippen molar-refractivity contribution in [3.63, 3.8) is 0 Å². The molecule has 0 bridgehead atoms. The van der Waals surface area contributed by atoms with E-state index in [0.717, 1.165) is 25.1 Å². The zero-order valence-corrected chi connectivity index (χ0v) is 20.2. The van der Waals surface area contributed by atoms with E-state index in [2.05, 4.69) is 4.90 Å². The highest BCUT2D eigenvalue weighted by Gasteiger charge is 2.46. The van der Waals surface area contributed by atoms with Gasteiger partial charge in [-0.25, -0.2) is 0 Å². The van der Waals surface area contributed by atoms with Gasteiger partial charge in [-0.2, -0.15) is 0 Å². The highest BCUT2D eigenvalue weighted by molar-refractivity contribution is 6.46. The molecule has 8 heteroatoms. The molecular weight excluding hydrogens is 448 g/mol. The van der Waals surface area contributed by atoms with Crippen LogP contribution in [-0.2, 0) is 14.3 Å². The van der Waals surface area contributed by atoms with Crippen LogP contribution in [0.4, 0.5) is 0 Å². The zero-order chi connectivity index (χ0) is 24.8. The van der Waals surface area contributed by atoms with Crippen molar-refractivity contribution in [3.8, 4) is 11.5 Å². The highest BCUT2D eigenvalue weighted by atomic mass is 16.5. The number of aliphatic hydroxyl groups is 1. The van der Waals surface area contributed by atoms with Crippen molar-refractivity contribution in [2.24, 2.45) is 0 Å². The summed E-state index contributed by atoms with van der Waals surface area (Å²) in [6.07, 6.45) is 0.861. The molecule has 0 radical (unpaired) electrons. The summed E-state index contributed by atoms with van der Waals surface area (Å²) in [6.45, 7) is 6.41. The minimum Gasteiger partial charge on any atom is -0.507 e. The summed E-state index contributed by atoms with van der Waals surface area (Å²) in [4.78, 5) is 30.2. The first-order valence-electron chi connectivity index (χ1n) is 12.0. The monoisotopic (exact) mass is 480 g/mol. The number of amides is 1. The molecule has 1 atom stereocenters. The van der Waals surface area contributed by atoms with Crippen LogP contribution in [0.5, 0.6) is 11.5 Å². The normalized spacial score (nSPS) is 20.3. The fourth-order valence-corrected chi connectivity index (χ4v) is 4.43. The number of benzene rings is 2. The van der Waals surface area contributed by atoms with Gasteiger partial charge in [0.05, 0.1) is 38.5 Å². The molecule has 2 heterocycles. The number of ether oxygens (including phenoxy) is 3. The van der Waals surface area contributed by atoms with Gasteiger partial charge in [-0.15, -0.1) is 0 Å². The van der Waals surface area contributed by atoms with E-state index in [4.69, 9.17) is 14.2 Å². The van der Waals surface area contributed by atoms with E-state index >= 15 is 0 Å². The van der Waals surface area contributed by atoms with Crippen molar-refractivity contribution in [3.05, 3.63) is 65.2 Å². The molecule has 2 aromatic carbocycles. The Hall–Kier alpha value is -3.36. The Morgan fingerprint density at radius 2 is 1.80 bits per heavy atom. The summed E-state index contributed by atoms with van der Waals surface area (Å²) in [5.41, 5.74) is 1.24. The van der Waals surface area contributed by atoms with Crippen molar-refractivity contribution in [1.29, 1.82) is 0 Å². The van der Waals surface area contributed by atoms with E-state index < -0.39 is 17.7 Å². The molecule has 2 aromatic rings. The Balaban J connectivity index is 1.72. The first-order chi connectivity index (χ1) is 17.0. The maximum Gasteiger partial charge on any atom is 0.295 e. The first kappa shape index (κ1) is 24.8. The lowest BCUT2D eigenvalue weighted by atomic mass is 9.95. The average molecular weight is 481 g/mol. The molecule has 2 fully saturated rings. The Bertz CT molecular complexity index is 1080. The molecule has 0 unspecified atom stereocenters. The lowest BCUT2D eigenvalue weighted by molar-refractivity contribution is -0.140. The van der Waals surface area contributed by atoms with E-state index in [0.29, 0.717) is 50.0 Å². The number of carbonyl (C=O) groups is 2. The number of Topliss-reactive ketones (excluding diaryl/α,β-unsaturated/α-hetero) is 1. The Morgan fingerprint density at radius 1 is 1.06 bits per heavy atom. The van der Waals surface area contributed by atoms with E-state index in [9.17, 15) is 14.7 Å². The van der Waals surface area contributed by atoms with Crippen LogP contribution in [0.25, 0.3) is 5.76 Å². The molecule has 186 valence electrons. The fourth-order valence-electron chi connectivity index (χ4n) is 4.43. The molecule has 2 saturated heterocycles. The molecule has 2 aliphatic heterocycles. The molecule has 2 aliphatic rings. The number of likely N-dealkylation sites (tertiary alicyclic amines) is 1. The standard InChI is InChI=1S/C27H32N2O6/c1-3-15-35-22-6-4-5-20(18-22)24-23(25(30)19-7-9-21(33-2)10-8-19)26(31)27(32)29(24)12-11-28-13-16-34-17-14-28/h4-10,18,24,30H,3,11-17H2,1-2H3/t24-/m0/s1. The average Bonchev–Trinajstić information content (AvgIpc) is 3.16. The third kappa shape index (κ3) is 5.49. The van der Waals surface area contributed by atoms with Gasteiger partial charge in [0.15, 0.2) is 0 Å². The van der Waals surface area contributed by atoms with Crippen LogP contribution >= 0.6 is 0 Å². The quantitative estimate of drug-likeness (QED) is 0.335. The summed E-state index contributed by atoms with van der Waals surface area (Å²) in [5, 5.41) is 11.2. The van der Waals surface area contributed by atoms with Crippen molar-refractivity contribution in [2.45, 2.75) is 19.4 Å². The SMILES string of the molecule is CCCOc1cccc([C@H]2C(=C(O)c3ccc(OC)cc3)C(=O)C(=O)N2CCN2CCOCC2)c1. The minimum absolute atomic E-state index is 0.0785. The maximum atomic E-state index is 13.2. The fraction of sp³-hybridized carbons (Fsp3) is 0.407. The van der Waals surface area contributed by atoms with Crippen LogP contribution in [0.15, 0.2) is 54.1 Å². The van der Waals surface area contributed by atoms with Crippen LogP contribution in [0.1, 0.15) is 30.5 Å². The molecule has 0 saturated carbocycles. The summed E-state index contributed by atoms with van der Waals surface area (Å²) >= 11 is 0. The third-order valence-corrected chi connectivity index (χ3v) is 6.31. The molecule has 4 rings (SSSR count). The van der Waals surface area contributed by atoms with Crippen LogP contribution < -0.4 is 9.47 Å². The maximum absolute atomic E-state index is 13.2. The number of aliphatic hydroxyl groups excluding tert-OH is 1. The largest absolute Gasteiger partial charge is 0.507 e. The number of morpholine rings is 1. The molecule has 35 heavy (non-hydrogen) atoms. The third-order valence-electron chi connectivity index (χ3n) is 6.31. The van der Waals surface area contributed by atoms with Gasteiger partial charge in [0.25, 0.3) is 11.7 Å². The number of nitrogens with zero attached hydrogens (tertiary/aromatic N) is 2.